The van der Waals surface area contributed by atoms with Crippen molar-refractivity contribution in [1.82, 2.24) is 30.8 Å². The van der Waals surface area contributed by atoms with Crippen molar-refractivity contribution in [3.05, 3.63) is 47.0 Å². The first-order valence-electron chi connectivity index (χ1n) is 7.59. The van der Waals surface area contributed by atoms with Crippen LogP contribution in [0.2, 0.25) is 0 Å². The molecule has 0 unspecified atom stereocenters. The molecule has 3 N–H and O–H groups in total. The Labute approximate surface area is 156 Å². The molecule has 0 bridgehead atoms. The van der Waals surface area contributed by atoms with Gasteiger partial charge in [0.1, 0.15) is 17.1 Å². The summed E-state index contributed by atoms with van der Waals surface area (Å²) in [7, 11) is 1.59. The van der Waals surface area contributed by atoms with Crippen molar-refractivity contribution in [2.24, 2.45) is 5.10 Å². The summed E-state index contributed by atoms with van der Waals surface area (Å²) in [5.41, 5.74) is 3.22. The molecule has 0 fully saturated rings. The molecule has 12 heteroatoms. The highest BCUT2D eigenvalue weighted by molar-refractivity contribution is 7.15. The SMILES string of the molecule is COc1ccc(/C=N\NC(=O)Cc2nnc(NC(=O)c3ncn[nH]3)s2)cc1. The lowest BCUT2D eigenvalue weighted by Gasteiger charge is -1.99. The number of aromatic amines is 1. The van der Waals surface area contributed by atoms with Crippen LogP contribution in [-0.4, -0.2) is 50.5 Å². The topological polar surface area (TPSA) is 147 Å². The summed E-state index contributed by atoms with van der Waals surface area (Å²) in [6, 6.07) is 7.20. The third-order valence-corrected chi connectivity index (χ3v) is 3.99. The Morgan fingerprint density at radius 1 is 1.30 bits per heavy atom. The van der Waals surface area contributed by atoms with E-state index in [1.165, 1.54) is 12.5 Å². The number of benzene rings is 1. The molecule has 0 saturated heterocycles. The van der Waals surface area contributed by atoms with Crippen LogP contribution in [0.3, 0.4) is 0 Å². The number of ether oxygens (including phenoxy) is 1. The lowest BCUT2D eigenvalue weighted by molar-refractivity contribution is -0.120. The smallest absolute Gasteiger partial charge is 0.294 e. The average molecular weight is 386 g/mol. The number of hydrazone groups is 1. The fraction of sp³-hybridized carbons (Fsp3) is 0.133. The van der Waals surface area contributed by atoms with Crippen LogP contribution in [0.25, 0.3) is 0 Å². The maximum absolute atomic E-state index is 11.9. The Morgan fingerprint density at radius 3 is 2.81 bits per heavy atom. The summed E-state index contributed by atoms with van der Waals surface area (Å²) < 4.78 is 5.06. The van der Waals surface area contributed by atoms with Crippen LogP contribution in [0, 0.1) is 0 Å². The molecule has 3 rings (SSSR count). The number of rotatable bonds is 7. The van der Waals surface area contributed by atoms with Crippen molar-refractivity contribution in [3.63, 3.8) is 0 Å². The van der Waals surface area contributed by atoms with Gasteiger partial charge in [0, 0.05) is 0 Å². The van der Waals surface area contributed by atoms with E-state index in [2.05, 4.69) is 41.2 Å². The number of aromatic nitrogens is 5. The van der Waals surface area contributed by atoms with Gasteiger partial charge < -0.3 is 4.74 Å². The second kappa shape index (κ2) is 8.62. The quantitative estimate of drug-likeness (QED) is 0.398. The molecule has 0 spiro atoms. The first-order valence-corrected chi connectivity index (χ1v) is 8.41. The van der Waals surface area contributed by atoms with E-state index in [0.717, 1.165) is 22.6 Å². The predicted molar refractivity (Wildman–Crippen MR) is 96.7 cm³/mol. The Bertz CT molecular complexity index is 936. The monoisotopic (exact) mass is 386 g/mol. The van der Waals surface area contributed by atoms with E-state index in [1.807, 2.05) is 12.1 Å². The van der Waals surface area contributed by atoms with Crippen molar-refractivity contribution in [3.8, 4) is 5.75 Å². The summed E-state index contributed by atoms with van der Waals surface area (Å²) in [6.07, 6.45) is 2.72. The largest absolute Gasteiger partial charge is 0.497 e. The molecule has 0 radical (unpaired) electrons. The summed E-state index contributed by atoms with van der Waals surface area (Å²) in [4.78, 5) is 27.4. The van der Waals surface area contributed by atoms with Gasteiger partial charge in [0.25, 0.3) is 5.91 Å². The molecule has 0 aliphatic rings. The van der Waals surface area contributed by atoms with Gasteiger partial charge in [-0.15, -0.1) is 10.2 Å². The minimum Gasteiger partial charge on any atom is -0.497 e. The molecule has 1 aromatic carbocycles. The number of carbonyl (C=O) groups excluding carboxylic acids is 2. The third-order valence-electron chi connectivity index (χ3n) is 3.15. The first kappa shape index (κ1) is 18.1. The Hall–Kier alpha value is -3.67. The highest BCUT2D eigenvalue weighted by atomic mass is 32.1. The molecule has 2 amide bonds. The fourth-order valence-electron chi connectivity index (χ4n) is 1.89. The number of carbonyl (C=O) groups is 2. The first-order chi connectivity index (χ1) is 13.1. The highest BCUT2D eigenvalue weighted by Gasteiger charge is 2.13. The lowest BCUT2D eigenvalue weighted by atomic mass is 10.2. The third kappa shape index (κ3) is 5.15. The molecule has 0 aliphatic heterocycles. The zero-order valence-corrected chi connectivity index (χ0v) is 14.9. The van der Waals surface area contributed by atoms with Crippen LogP contribution in [0.5, 0.6) is 5.75 Å². The van der Waals surface area contributed by atoms with E-state index in [4.69, 9.17) is 4.74 Å². The van der Waals surface area contributed by atoms with Gasteiger partial charge in [-0.3, -0.25) is 20.0 Å². The van der Waals surface area contributed by atoms with Crippen LogP contribution in [-0.2, 0) is 11.2 Å². The molecular formula is C15H14N8O3S. The van der Waals surface area contributed by atoms with Crippen molar-refractivity contribution >= 4 is 34.5 Å². The Morgan fingerprint density at radius 2 is 2.11 bits per heavy atom. The molecule has 138 valence electrons. The number of hydrogen-bond donors (Lipinski definition) is 3. The van der Waals surface area contributed by atoms with E-state index < -0.39 is 5.91 Å². The number of anilines is 1. The second-order valence-electron chi connectivity index (χ2n) is 5.03. The molecule has 2 heterocycles. The van der Waals surface area contributed by atoms with Gasteiger partial charge in [-0.2, -0.15) is 10.2 Å². The molecular weight excluding hydrogens is 372 g/mol. The normalized spacial score (nSPS) is 10.7. The summed E-state index contributed by atoms with van der Waals surface area (Å²) in [5, 5.41) is 20.8. The van der Waals surface area contributed by atoms with Gasteiger partial charge in [-0.1, -0.05) is 11.3 Å². The van der Waals surface area contributed by atoms with E-state index in [9.17, 15) is 9.59 Å². The van der Waals surface area contributed by atoms with Gasteiger partial charge in [0.2, 0.25) is 16.9 Å². The van der Waals surface area contributed by atoms with E-state index in [1.54, 1.807) is 19.2 Å². The standard InChI is InChI=1S/C15H14N8O3S/c1-26-10-4-2-9(3-5-10)7-17-20-11(24)6-12-21-23-15(27-12)19-14(25)13-16-8-18-22-13/h2-5,7-8H,6H2,1H3,(H,20,24)(H,16,18,22)(H,19,23,25)/b17-7-. The minimum atomic E-state index is -0.497. The number of hydrogen-bond acceptors (Lipinski definition) is 9. The lowest BCUT2D eigenvalue weighted by Crippen LogP contribution is -2.19. The Balaban J connectivity index is 1.48. The number of nitrogens with zero attached hydrogens (tertiary/aromatic N) is 5. The summed E-state index contributed by atoms with van der Waals surface area (Å²) in [5.74, 6) is -0.0659. The zero-order chi connectivity index (χ0) is 19.1. The Kier molecular flexibility index (Phi) is 5.79. The van der Waals surface area contributed by atoms with Gasteiger partial charge in [0.15, 0.2) is 0 Å². The number of nitrogens with one attached hydrogen (secondary N) is 3. The minimum absolute atomic E-state index is 0.0181. The summed E-state index contributed by atoms with van der Waals surface area (Å²) in [6.45, 7) is 0. The second-order valence-corrected chi connectivity index (χ2v) is 6.09. The van der Waals surface area contributed by atoms with Crippen molar-refractivity contribution < 1.29 is 14.3 Å². The van der Waals surface area contributed by atoms with E-state index >= 15 is 0 Å². The number of H-pyrrole nitrogens is 1. The fourth-order valence-corrected chi connectivity index (χ4v) is 2.63. The maximum Gasteiger partial charge on any atom is 0.294 e. The highest BCUT2D eigenvalue weighted by Crippen LogP contribution is 2.16. The van der Waals surface area contributed by atoms with Crippen LogP contribution >= 0.6 is 11.3 Å². The molecule has 2 aromatic heterocycles. The number of amides is 2. The molecule has 3 aromatic rings. The molecule has 0 aliphatic carbocycles. The van der Waals surface area contributed by atoms with Crippen molar-refractivity contribution in [1.29, 1.82) is 0 Å². The zero-order valence-electron chi connectivity index (χ0n) is 14.0. The van der Waals surface area contributed by atoms with Gasteiger partial charge in [-0.25, -0.2) is 10.4 Å². The van der Waals surface area contributed by atoms with E-state index in [0.29, 0.717) is 5.01 Å². The average Bonchev–Trinajstić information content (AvgIpc) is 3.34. The maximum atomic E-state index is 11.9. The molecule has 27 heavy (non-hydrogen) atoms. The van der Waals surface area contributed by atoms with Crippen LogP contribution in [0.1, 0.15) is 21.2 Å². The number of methoxy groups -OCH3 is 1. The summed E-state index contributed by atoms with van der Waals surface area (Å²) >= 11 is 1.08. The van der Waals surface area contributed by atoms with Crippen molar-refractivity contribution in [2.75, 3.05) is 12.4 Å². The van der Waals surface area contributed by atoms with Gasteiger partial charge in [0.05, 0.1) is 19.7 Å². The van der Waals surface area contributed by atoms with Crippen LogP contribution in [0.15, 0.2) is 35.7 Å². The van der Waals surface area contributed by atoms with Crippen LogP contribution in [0.4, 0.5) is 5.13 Å². The van der Waals surface area contributed by atoms with Gasteiger partial charge in [-0.05, 0) is 29.8 Å². The molecule has 0 saturated carbocycles. The van der Waals surface area contributed by atoms with Crippen LogP contribution < -0.4 is 15.5 Å². The molecule has 0 atom stereocenters. The van der Waals surface area contributed by atoms with E-state index in [-0.39, 0.29) is 23.3 Å². The molecule has 11 nitrogen and oxygen atoms in total. The predicted octanol–water partition coefficient (Wildman–Crippen LogP) is 0.610. The van der Waals surface area contributed by atoms with Gasteiger partial charge >= 0.3 is 0 Å². The van der Waals surface area contributed by atoms with Crippen molar-refractivity contribution in [2.45, 2.75) is 6.42 Å².